The molecule has 1 aromatic heterocycles. The van der Waals surface area contributed by atoms with Crippen LogP contribution in [0.1, 0.15) is 38.2 Å². The first-order valence-electron chi connectivity index (χ1n) is 12.4. The molecule has 1 saturated carbocycles. The van der Waals surface area contributed by atoms with Crippen LogP contribution < -0.4 is 4.90 Å². The van der Waals surface area contributed by atoms with E-state index < -0.39 is 0 Å². The van der Waals surface area contributed by atoms with Crippen LogP contribution in [-0.4, -0.2) is 54.4 Å². The average Bonchev–Trinajstić information content (AvgIpc) is 3.39. The minimum absolute atomic E-state index is 0.430. The predicted molar refractivity (Wildman–Crippen MR) is 138 cm³/mol. The highest BCUT2D eigenvalue weighted by Crippen LogP contribution is 2.32. The van der Waals surface area contributed by atoms with E-state index in [4.69, 9.17) is 4.89 Å². The van der Waals surface area contributed by atoms with Gasteiger partial charge in [-0.15, -0.1) is 10.2 Å². The number of anilines is 1. The zero-order chi connectivity index (χ0) is 23.3. The summed E-state index contributed by atoms with van der Waals surface area (Å²) in [6.07, 6.45) is 5.56. The van der Waals surface area contributed by atoms with Gasteiger partial charge in [-0.25, -0.2) is 9.78 Å². The van der Waals surface area contributed by atoms with Crippen LogP contribution in [-0.2, 0) is 16.4 Å². The molecule has 1 saturated heterocycles. The molecule has 2 aromatic carbocycles. The molecule has 2 aliphatic rings. The molecule has 1 aliphatic heterocycles. The molecule has 180 valence electrons. The molecule has 0 bridgehead atoms. The van der Waals surface area contributed by atoms with Gasteiger partial charge < -0.3 is 4.90 Å². The molecule has 2 fully saturated rings. The Labute approximate surface area is 206 Å². The summed E-state index contributed by atoms with van der Waals surface area (Å²) in [5.41, 5.74) is 4.54. The van der Waals surface area contributed by atoms with Crippen molar-refractivity contribution in [2.24, 2.45) is 5.92 Å². The number of benzene rings is 2. The predicted octanol–water partition coefficient (Wildman–Crippen LogP) is 5.65. The molecule has 6 nitrogen and oxygen atoms in total. The number of aromatic nitrogens is 2. The second kappa shape index (κ2) is 11.0. The zero-order valence-electron chi connectivity index (χ0n) is 20.2. The SMILES string of the molecule is COOCc1ccc(-c2nnc(-c3ccc(N4CCN(C5CCC(C)CC5)CC4)cc3)s2)cc1. The first-order chi connectivity index (χ1) is 16.7. The van der Waals surface area contributed by atoms with E-state index in [-0.39, 0.29) is 0 Å². The van der Waals surface area contributed by atoms with Gasteiger partial charge >= 0.3 is 0 Å². The number of nitrogens with zero attached hydrogens (tertiary/aromatic N) is 4. The minimum Gasteiger partial charge on any atom is -0.369 e. The maximum atomic E-state index is 4.99. The quantitative estimate of drug-likeness (QED) is 0.323. The average molecular weight is 479 g/mol. The van der Waals surface area contributed by atoms with E-state index in [1.165, 1.54) is 51.6 Å². The molecule has 2 heterocycles. The van der Waals surface area contributed by atoms with Gasteiger partial charge in [0, 0.05) is 49.0 Å². The van der Waals surface area contributed by atoms with Crippen molar-refractivity contribution in [1.82, 2.24) is 15.1 Å². The normalized spacial score (nSPS) is 21.6. The summed E-state index contributed by atoms with van der Waals surface area (Å²) in [5, 5.41) is 10.7. The first kappa shape index (κ1) is 23.4. The van der Waals surface area contributed by atoms with Crippen LogP contribution >= 0.6 is 11.3 Å². The fourth-order valence-electron chi connectivity index (χ4n) is 5.09. The van der Waals surface area contributed by atoms with Crippen molar-refractivity contribution >= 4 is 17.0 Å². The van der Waals surface area contributed by atoms with E-state index >= 15 is 0 Å². The van der Waals surface area contributed by atoms with Crippen molar-refractivity contribution in [2.45, 2.75) is 45.3 Å². The molecular formula is C27H34N4O2S. The van der Waals surface area contributed by atoms with E-state index in [0.29, 0.717) is 6.61 Å². The molecular weight excluding hydrogens is 444 g/mol. The van der Waals surface area contributed by atoms with Gasteiger partial charge in [0.25, 0.3) is 0 Å². The third-order valence-electron chi connectivity index (χ3n) is 7.26. The third-order valence-corrected chi connectivity index (χ3v) is 8.29. The topological polar surface area (TPSA) is 50.7 Å². The highest BCUT2D eigenvalue weighted by molar-refractivity contribution is 7.17. The van der Waals surface area contributed by atoms with Gasteiger partial charge in [-0.1, -0.05) is 42.5 Å². The monoisotopic (exact) mass is 478 g/mol. The van der Waals surface area contributed by atoms with Crippen molar-refractivity contribution in [1.29, 1.82) is 0 Å². The fourth-order valence-corrected chi connectivity index (χ4v) is 5.95. The Bertz CT molecular complexity index is 1040. The largest absolute Gasteiger partial charge is 0.369 e. The summed E-state index contributed by atoms with van der Waals surface area (Å²) in [6, 6.07) is 17.8. The molecule has 3 aromatic rings. The van der Waals surface area contributed by atoms with Gasteiger partial charge in [0.05, 0.1) is 7.11 Å². The van der Waals surface area contributed by atoms with Gasteiger partial charge in [0.15, 0.2) is 0 Å². The third kappa shape index (κ3) is 5.49. The van der Waals surface area contributed by atoms with Crippen LogP contribution in [0.25, 0.3) is 21.1 Å². The second-order valence-electron chi connectivity index (χ2n) is 9.52. The van der Waals surface area contributed by atoms with Crippen LogP contribution in [0.3, 0.4) is 0 Å². The van der Waals surface area contributed by atoms with Crippen LogP contribution in [0.4, 0.5) is 5.69 Å². The smallest absolute Gasteiger partial charge is 0.148 e. The standard InChI is InChI=1S/C27H34N4O2S/c1-20-3-11-24(12-4-20)30-15-17-31(18-16-30)25-13-9-23(10-14-25)27-29-28-26(34-27)22-7-5-21(6-8-22)19-33-32-2/h5-10,13-14,20,24H,3-4,11-12,15-19H2,1-2H3. The lowest BCUT2D eigenvalue weighted by atomic mass is 9.86. The lowest BCUT2D eigenvalue weighted by Crippen LogP contribution is -2.51. The summed E-state index contributed by atoms with van der Waals surface area (Å²) in [6.45, 7) is 7.41. The Morgan fingerprint density at radius 1 is 0.824 bits per heavy atom. The Morgan fingerprint density at radius 3 is 2.00 bits per heavy atom. The highest BCUT2D eigenvalue weighted by atomic mass is 32.1. The Kier molecular flexibility index (Phi) is 7.54. The van der Waals surface area contributed by atoms with Gasteiger partial charge in [0.2, 0.25) is 0 Å². The van der Waals surface area contributed by atoms with Crippen LogP contribution in [0.2, 0.25) is 0 Å². The molecule has 0 atom stereocenters. The summed E-state index contributed by atoms with van der Waals surface area (Å²) >= 11 is 1.62. The van der Waals surface area contributed by atoms with Crippen molar-refractivity contribution in [3.05, 3.63) is 54.1 Å². The number of rotatable bonds is 7. The Hall–Kier alpha value is -2.32. The molecule has 1 aliphatic carbocycles. The van der Waals surface area contributed by atoms with E-state index in [1.807, 2.05) is 12.1 Å². The molecule has 0 N–H and O–H groups in total. The molecule has 0 unspecified atom stereocenters. The van der Waals surface area contributed by atoms with Crippen molar-refractivity contribution in [3.8, 4) is 21.1 Å². The number of hydrogen-bond acceptors (Lipinski definition) is 7. The summed E-state index contributed by atoms with van der Waals surface area (Å²) in [4.78, 5) is 14.9. The number of piperazine rings is 1. The molecule has 34 heavy (non-hydrogen) atoms. The van der Waals surface area contributed by atoms with E-state index in [1.54, 1.807) is 11.3 Å². The van der Waals surface area contributed by atoms with Crippen molar-refractivity contribution in [3.63, 3.8) is 0 Å². The Morgan fingerprint density at radius 2 is 1.41 bits per heavy atom. The molecule has 5 rings (SSSR count). The number of hydrogen-bond donors (Lipinski definition) is 0. The van der Waals surface area contributed by atoms with E-state index in [2.05, 4.69) is 68.2 Å². The zero-order valence-corrected chi connectivity index (χ0v) is 21.0. The van der Waals surface area contributed by atoms with E-state index in [9.17, 15) is 0 Å². The molecule has 0 amide bonds. The minimum atomic E-state index is 0.430. The molecule has 0 spiro atoms. The molecule has 7 heteroatoms. The summed E-state index contributed by atoms with van der Waals surface area (Å²) in [5.74, 6) is 0.918. The second-order valence-corrected chi connectivity index (χ2v) is 10.5. The maximum absolute atomic E-state index is 4.99. The van der Waals surface area contributed by atoms with Gasteiger partial charge in [-0.05, 0) is 61.4 Å². The van der Waals surface area contributed by atoms with Crippen LogP contribution in [0.15, 0.2) is 48.5 Å². The molecule has 0 radical (unpaired) electrons. The lowest BCUT2D eigenvalue weighted by Gasteiger charge is -2.42. The van der Waals surface area contributed by atoms with Gasteiger partial charge in [-0.2, -0.15) is 0 Å². The van der Waals surface area contributed by atoms with Gasteiger partial charge in [-0.3, -0.25) is 4.90 Å². The van der Waals surface area contributed by atoms with Crippen molar-refractivity contribution < 1.29 is 9.78 Å². The first-order valence-corrected chi connectivity index (χ1v) is 13.2. The maximum Gasteiger partial charge on any atom is 0.148 e. The lowest BCUT2D eigenvalue weighted by molar-refractivity contribution is -0.282. The van der Waals surface area contributed by atoms with Crippen LogP contribution in [0, 0.1) is 5.92 Å². The van der Waals surface area contributed by atoms with Crippen LogP contribution in [0.5, 0.6) is 0 Å². The summed E-state index contributed by atoms with van der Waals surface area (Å²) < 4.78 is 0. The highest BCUT2D eigenvalue weighted by Gasteiger charge is 2.27. The van der Waals surface area contributed by atoms with Crippen molar-refractivity contribution in [2.75, 3.05) is 38.2 Å². The van der Waals surface area contributed by atoms with E-state index in [0.717, 1.165) is 51.8 Å². The van der Waals surface area contributed by atoms with Gasteiger partial charge in [0.1, 0.15) is 16.6 Å². The summed E-state index contributed by atoms with van der Waals surface area (Å²) in [7, 11) is 1.52. The Balaban J connectivity index is 1.18. The fraction of sp³-hybridized carbons (Fsp3) is 0.481.